The highest BCUT2D eigenvalue weighted by Gasteiger charge is 2.27. The highest BCUT2D eigenvalue weighted by atomic mass is 16.1. The van der Waals surface area contributed by atoms with E-state index in [0.717, 1.165) is 44.7 Å². The smallest absolute Gasteiger partial charge is 0.220 e. The molecule has 7 nitrogen and oxygen atoms in total. The van der Waals surface area contributed by atoms with Crippen LogP contribution in [-0.4, -0.2) is 44.1 Å². The minimum atomic E-state index is -0.179. The number of rotatable bonds is 5. The van der Waals surface area contributed by atoms with Gasteiger partial charge in [-0.05, 0) is 56.6 Å². The van der Waals surface area contributed by atoms with Gasteiger partial charge in [-0.25, -0.2) is 4.68 Å². The molecule has 0 aliphatic carbocycles. The highest BCUT2D eigenvalue weighted by Crippen LogP contribution is 2.22. The Hall–Kier alpha value is -1.50. The summed E-state index contributed by atoms with van der Waals surface area (Å²) < 4.78 is 1.91. The van der Waals surface area contributed by atoms with Crippen molar-refractivity contribution in [1.82, 2.24) is 25.1 Å². The van der Waals surface area contributed by atoms with E-state index >= 15 is 0 Å². The van der Waals surface area contributed by atoms with Crippen LogP contribution in [0.1, 0.15) is 45.9 Å². The van der Waals surface area contributed by atoms with E-state index in [-0.39, 0.29) is 17.4 Å². The van der Waals surface area contributed by atoms with Gasteiger partial charge < -0.3 is 5.73 Å². The lowest BCUT2D eigenvalue weighted by atomic mass is 9.96. The second-order valence-electron chi connectivity index (χ2n) is 6.13. The van der Waals surface area contributed by atoms with Crippen molar-refractivity contribution in [3.05, 3.63) is 5.82 Å². The zero-order valence-corrected chi connectivity index (χ0v) is 12.5. The Kier molecular flexibility index (Phi) is 4.37. The lowest BCUT2D eigenvalue weighted by Gasteiger charge is -2.31. The first-order valence-corrected chi connectivity index (χ1v) is 7.23. The molecular weight excluding hydrogens is 256 g/mol. The predicted octanol–water partition coefficient (Wildman–Crippen LogP) is 0.516. The molecule has 7 heteroatoms. The van der Waals surface area contributed by atoms with Gasteiger partial charge in [0.15, 0.2) is 5.82 Å². The number of hydrogen-bond acceptors (Lipinski definition) is 5. The molecule has 0 spiro atoms. The predicted molar refractivity (Wildman–Crippen MR) is 74.6 cm³/mol. The SMILES string of the molecule is CCC(C)(C)n1nnnc1CN1CCC(C(N)=O)CC1. The number of carbonyl (C=O) groups excluding carboxylic acids is 1. The Balaban J connectivity index is 1.99. The maximum atomic E-state index is 11.2. The molecule has 0 aromatic carbocycles. The number of tetrazole rings is 1. The quantitative estimate of drug-likeness (QED) is 0.849. The van der Waals surface area contributed by atoms with E-state index in [2.05, 4.69) is 41.2 Å². The molecule has 0 atom stereocenters. The molecule has 112 valence electrons. The van der Waals surface area contributed by atoms with Crippen LogP contribution >= 0.6 is 0 Å². The van der Waals surface area contributed by atoms with Gasteiger partial charge in [0.2, 0.25) is 5.91 Å². The lowest BCUT2D eigenvalue weighted by molar-refractivity contribution is -0.123. The Morgan fingerprint density at radius 1 is 1.40 bits per heavy atom. The van der Waals surface area contributed by atoms with Gasteiger partial charge in [-0.15, -0.1) is 5.10 Å². The summed E-state index contributed by atoms with van der Waals surface area (Å²) >= 11 is 0. The van der Waals surface area contributed by atoms with Crippen LogP contribution in [0.3, 0.4) is 0 Å². The van der Waals surface area contributed by atoms with Crippen molar-refractivity contribution in [3.63, 3.8) is 0 Å². The minimum absolute atomic E-state index is 0.0225. The van der Waals surface area contributed by atoms with E-state index in [4.69, 9.17) is 5.73 Å². The van der Waals surface area contributed by atoms with Gasteiger partial charge in [-0.3, -0.25) is 9.69 Å². The molecule has 1 saturated heterocycles. The maximum Gasteiger partial charge on any atom is 0.220 e. The first-order chi connectivity index (χ1) is 9.44. The van der Waals surface area contributed by atoms with Crippen molar-refractivity contribution < 1.29 is 4.79 Å². The zero-order chi connectivity index (χ0) is 14.8. The molecule has 0 saturated carbocycles. The van der Waals surface area contributed by atoms with E-state index < -0.39 is 0 Å². The fraction of sp³-hybridized carbons (Fsp3) is 0.846. The molecule has 1 amide bonds. The van der Waals surface area contributed by atoms with Crippen LogP contribution in [0.15, 0.2) is 0 Å². The van der Waals surface area contributed by atoms with Crippen LogP contribution in [0.2, 0.25) is 0 Å². The minimum Gasteiger partial charge on any atom is -0.369 e. The summed E-state index contributed by atoms with van der Waals surface area (Å²) in [4.78, 5) is 13.5. The maximum absolute atomic E-state index is 11.2. The summed E-state index contributed by atoms with van der Waals surface area (Å²) in [6, 6.07) is 0. The lowest BCUT2D eigenvalue weighted by Crippen LogP contribution is -2.39. The normalized spacial score (nSPS) is 18.4. The van der Waals surface area contributed by atoms with Crippen LogP contribution in [0.25, 0.3) is 0 Å². The third-order valence-electron chi connectivity index (χ3n) is 4.33. The van der Waals surface area contributed by atoms with Crippen molar-refractivity contribution in [2.75, 3.05) is 13.1 Å². The number of primary amides is 1. The third kappa shape index (κ3) is 3.15. The summed E-state index contributed by atoms with van der Waals surface area (Å²) in [5, 5.41) is 12.1. The molecule has 1 aliphatic rings. The van der Waals surface area contributed by atoms with E-state index in [9.17, 15) is 4.79 Å². The third-order valence-corrected chi connectivity index (χ3v) is 4.33. The summed E-state index contributed by atoms with van der Waals surface area (Å²) in [6.45, 7) is 8.85. The molecule has 2 heterocycles. The van der Waals surface area contributed by atoms with Crippen LogP contribution in [-0.2, 0) is 16.9 Å². The number of nitrogens with two attached hydrogens (primary N) is 1. The van der Waals surface area contributed by atoms with Crippen molar-refractivity contribution in [2.45, 2.75) is 52.1 Å². The average molecular weight is 280 g/mol. The number of aromatic nitrogens is 4. The Labute approximate surface area is 119 Å². The molecule has 20 heavy (non-hydrogen) atoms. The van der Waals surface area contributed by atoms with E-state index in [1.807, 2.05) is 4.68 Å². The van der Waals surface area contributed by atoms with Gasteiger partial charge in [-0.2, -0.15) is 0 Å². The molecule has 0 bridgehead atoms. The average Bonchev–Trinajstić information content (AvgIpc) is 2.88. The largest absolute Gasteiger partial charge is 0.369 e. The molecule has 1 aromatic rings. The molecule has 1 aliphatic heterocycles. The standard InChI is InChI=1S/C13H24N6O/c1-4-13(2,3)19-11(15-16-17-19)9-18-7-5-10(6-8-18)12(14)20/h10H,4-9H2,1-3H3,(H2,14,20). The van der Waals surface area contributed by atoms with Crippen LogP contribution in [0.5, 0.6) is 0 Å². The Morgan fingerprint density at radius 3 is 2.60 bits per heavy atom. The number of piperidine rings is 1. The summed E-state index contributed by atoms with van der Waals surface area (Å²) in [7, 11) is 0. The first-order valence-electron chi connectivity index (χ1n) is 7.23. The molecule has 0 unspecified atom stereocenters. The second kappa shape index (κ2) is 5.87. The molecule has 2 N–H and O–H groups in total. The fourth-order valence-electron chi connectivity index (χ4n) is 2.50. The van der Waals surface area contributed by atoms with Gasteiger partial charge in [0, 0.05) is 5.92 Å². The Morgan fingerprint density at radius 2 is 2.05 bits per heavy atom. The number of hydrogen-bond donors (Lipinski definition) is 1. The highest BCUT2D eigenvalue weighted by molar-refractivity contribution is 5.76. The number of nitrogens with zero attached hydrogens (tertiary/aromatic N) is 5. The zero-order valence-electron chi connectivity index (χ0n) is 12.5. The van der Waals surface area contributed by atoms with E-state index in [1.54, 1.807) is 0 Å². The van der Waals surface area contributed by atoms with E-state index in [0.29, 0.717) is 0 Å². The van der Waals surface area contributed by atoms with Crippen molar-refractivity contribution in [2.24, 2.45) is 11.7 Å². The van der Waals surface area contributed by atoms with Crippen molar-refractivity contribution >= 4 is 5.91 Å². The summed E-state index contributed by atoms with van der Waals surface area (Å²) in [5.74, 6) is 0.727. The van der Waals surface area contributed by atoms with E-state index in [1.165, 1.54) is 0 Å². The number of likely N-dealkylation sites (tertiary alicyclic amines) is 1. The van der Waals surface area contributed by atoms with Gasteiger partial charge in [0.25, 0.3) is 0 Å². The van der Waals surface area contributed by atoms with Gasteiger partial charge in [0.1, 0.15) is 0 Å². The molecule has 1 fully saturated rings. The number of amides is 1. The van der Waals surface area contributed by atoms with Crippen molar-refractivity contribution in [3.8, 4) is 0 Å². The molecule has 1 aromatic heterocycles. The van der Waals surface area contributed by atoms with Crippen molar-refractivity contribution in [1.29, 1.82) is 0 Å². The Bertz CT molecular complexity index is 461. The number of carbonyl (C=O) groups is 1. The summed E-state index contributed by atoms with van der Waals surface area (Å²) in [6.07, 6.45) is 2.62. The molecular formula is C13H24N6O. The second-order valence-corrected chi connectivity index (χ2v) is 6.13. The fourth-order valence-corrected chi connectivity index (χ4v) is 2.50. The van der Waals surface area contributed by atoms with Crippen LogP contribution < -0.4 is 5.73 Å². The van der Waals surface area contributed by atoms with Crippen LogP contribution in [0, 0.1) is 5.92 Å². The summed E-state index contributed by atoms with van der Waals surface area (Å²) in [5.41, 5.74) is 5.27. The molecule has 0 radical (unpaired) electrons. The van der Waals surface area contributed by atoms with Gasteiger partial charge in [-0.1, -0.05) is 6.92 Å². The van der Waals surface area contributed by atoms with Crippen LogP contribution in [0.4, 0.5) is 0 Å². The monoisotopic (exact) mass is 280 g/mol. The molecule has 2 rings (SSSR count). The topological polar surface area (TPSA) is 89.9 Å². The first kappa shape index (κ1) is 14.9. The van der Waals surface area contributed by atoms with Gasteiger partial charge in [0.05, 0.1) is 12.1 Å². The van der Waals surface area contributed by atoms with Gasteiger partial charge >= 0.3 is 0 Å².